The van der Waals surface area contributed by atoms with Gasteiger partial charge in [-0.25, -0.2) is 5.43 Å². The van der Waals surface area contributed by atoms with Gasteiger partial charge in [0.15, 0.2) is 11.0 Å². The number of methoxy groups -OCH3 is 2. The van der Waals surface area contributed by atoms with Gasteiger partial charge in [-0.05, 0) is 76.6 Å². The van der Waals surface area contributed by atoms with Crippen molar-refractivity contribution in [3.8, 4) is 34.3 Å². The van der Waals surface area contributed by atoms with Crippen LogP contribution in [-0.2, 0) is 4.79 Å². The second-order valence-corrected chi connectivity index (χ2v) is 10.2. The summed E-state index contributed by atoms with van der Waals surface area (Å²) in [6.45, 7) is 0. The molecule has 12 heteroatoms. The predicted octanol–water partition coefficient (Wildman–Crippen LogP) is 5.42. The van der Waals surface area contributed by atoms with Crippen molar-refractivity contribution in [1.82, 2.24) is 20.2 Å². The highest BCUT2D eigenvalue weighted by atomic mass is 79.9. The molecule has 190 valence electrons. The lowest BCUT2D eigenvalue weighted by Crippen LogP contribution is -2.20. The van der Waals surface area contributed by atoms with Crippen molar-refractivity contribution in [2.24, 2.45) is 5.10 Å². The summed E-state index contributed by atoms with van der Waals surface area (Å²) in [6.07, 6.45) is 1.37. The summed E-state index contributed by atoms with van der Waals surface area (Å²) in [6, 6.07) is 18.4. The number of nitrogens with zero attached hydrogens (tertiary/aromatic N) is 4. The van der Waals surface area contributed by atoms with Crippen LogP contribution in [0.1, 0.15) is 5.56 Å². The van der Waals surface area contributed by atoms with E-state index in [4.69, 9.17) is 9.47 Å². The quantitative estimate of drug-likeness (QED) is 0.142. The number of ether oxygens (including phenoxy) is 2. The van der Waals surface area contributed by atoms with E-state index in [0.717, 1.165) is 27.2 Å². The van der Waals surface area contributed by atoms with E-state index in [0.29, 0.717) is 21.0 Å². The van der Waals surface area contributed by atoms with Crippen molar-refractivity contribution >= 4 is 55.7 Å². The first-order valence-electron chi connectivity index (χ1n) is 10.8. The van der Waals surface area contributed by atoms with Crippen LogP contribution in [0.4, 0.5) is 0 Å². The van der Waals surface area contributed by atoms with E-state index >= 15 is 0 Å². The Balaban J connectivity index is 1.53. The number of rotatable bonds is 9. The highest BCUT2D eigenvalue weighted by Gasteiger charge is 2.18. The van der Waals surface area contributed by atoms with Crippen LogP contribution in [0.25, 0.3) is 17.1 Å². The number of phenolic OH excluding ortho intramolecular Hbond substituents is 1. The Morgan fingerprint density at radius 1 is 1.05 bits per heavy atom. The molecule has 0 radical (unpaired) electrons. The minimum Gasteiger partial charge on any atom is -0.506 e. The first-order chi connectivity index (χ1) is 17.9. The molecule has 0 spiro atoms. The summed E-state index contributed by atoms with van der Waals surface area (Å²) in [5.41, 5.74) is 4.57. The molecular weight excluding hydrogens is 626 g/mol. The zero-order valence-corrected chi connectivity index (χ0v) is 23.7. The first kappa shape index (κ1) is 26.7. The fourth-order valence-corrected chi connectivity index (χ4v) is 5.28. The molecule has 4 aromatic rings. The largest absolute Gasteiger partial charge is 0.506 e. The molecule has 0 bridgehead atoms. The molecule has 0 aliphatic rings. The maximum Gasteiger partial charge on any atom is 0.250 e. The summed E-state index contributed by atoms with van der Waals surface area (Å²) in [4.78, 5) is 12.5. The number of hydrogen-bond donors (Lipinski definition) is 2. The van der Waals surface area contributed by atoms with Crippen LogP contribution < -0.4 is 14.9 Å². The van der Waals surface area contributed by atoms with Gasteiger partial charge < -0.3 is 14.6 Å². The molecule has 0 fully saturated rings. The van der Waals surface area contributed by atoms with Crippen molar-refractivity contribution < 1.29 is 19.4 Å². The number of carbonyl (C=O) groups excluding carboxylic acids is 1. The van der Waals surface area contributed by atoms with Crippen molar-refractivity contribution in [2.45, 2.75) is 5.16 Å². The summed E-state index contributed by atoms with van der Waals surface area (Å²) in [5.74, 6) is 1.79. The molecule has 9 nitrogen and oxygen atoms in total. The second kappa shape index (κ2) is 12.3. The molecule has 4 rings (SSSR count). The molecule has 2 N–H and O–H groups in total. The average Bonchev–Trinajstić information content (AvgIpc) is 3.34. The zero-order valence-electron chi connectivity index (χ0n) is 19.7. The van der Waals surface area contributed by atoms with Gasteiger partial charge >= 0.3 is 0 Å². The lowest BCUT2D eigenvalue weighted by molar-refractivity contribution is -0.118. The van der Waals surface area contributed by atoms with E-state index in [1.54, 1.807) is 26.4 Å². The molecule has 0 saturated heterocycles. The molecule has 1 heterocycles. The van der Waals surface area contributed by atoms with Gasteiger partial charge in [0.2, 0.25) is 0 Å². The Hall–Kier alpha value is -3.35. The standard InChI is InChI=1S/C25H21Br2N5O4S/c1-35-19-7-3-15(4-8-19)24-30-31-25(32(24)18-5-9-20(36-2)10-6-18)37-14-22(33)29-28-13-16-11-17(26)12-21(27)23(16)34/h3-13,34H,14H2,1-2H3,(H,29,33)/b28-13+. The monoisotopic (exact) mass is 645 g/mol. The van der Waals surface area contributed by atoms with Gasteiger partial charge in [-0.15, -0.1) is 10.2 Å². The van der Waals surface area contributed by atoms with Crippen LogP contribution in [0.5, 0.6) is 17.2 Å². The van der Waals surface area contributed by atoms with Gasteiger partial charge in [-0.2, -0.15) is 5.10 Å². The first-order valence-corrected chi connectivity index (χ1v) is 13.3. The zero-order chi connectivity index (χ0) is 26.4. The number of hydrazone groups is 1. The predicted molar refractivity (Wildman–Crippen MR) is 150 cm³/mol. The number of halogens is 2. The van der Waals surface area contributed by atoms with Crippen LogP contribution >= 0.6 is 43.6 Å². The van der Waals surface area contributed by atoms with Gasteiger partial charge in [-0.1, -0.05) is 27.7 Å². The van der Waals surface area contributed by atoms with Gasteiger partial charge in [-0.3, -0.25) is 9.36 Å². The van der Waals surface area contributed by atoms with E-state index < -0.39 is 0 Å². The maximum absolute atomic E-state index is 12.5. The third-order valence-corrected chi connectivity index (χ3v) is 7.09. The number of thioether (sulfide) groups is 1. The number of aromatic nitrogens is 3. The Labute approximate surface area is 234 Å². The van der Waals surface area contributed by atoms with Crippen LogP contribution in [0, 0.1) is 0 Å². The maximum atomic E-state index is 12.5. The minimum atomic E-state index is -0.343. The fourth-order valence-electron chi connectivity index (χ4n) is 3.28. The summed E-state index contributed by atoms with van der Waals surface area (Å²) >= 11 is 7.84. The lowest BCUT2D eigenvalue weighted by Gasteiger charge is -2.11. The van der Waals surface area contributed by atoms with E-state index in [2.05, 4.69) is 52.6 Å². The lowest BCUT2D eigenvalue weighted by atomic mass is 10.2. The number of aromatic hydroxyl groups is 1. The van der Waals surface area contributed by atoms with Crippen molar-refractivity contribution in [3.05, 3.63) is 75.2 Å². The number of benzene rings is 3. The van der Waals surface area contributed by atoms with Crippen LogP contribution in [0.15, 0.2) is 79.9 Å². The van der Waals surface area contributed by atoms with E-state index in [-0.39, 0.29) is 17.4 Å². The van der Waals surface area contributed by atoms with Crippen molar-refractivity contribution in [1.29, 1.82) is 0 Å². The number of nitrogens with one attached hydrogen (secondary N) is 1. The molecule has 0 aliphatic heterocycles. The van der Waals surface area contributed by atoms with Crippen LogP contribution in [0.3, 0.4) is 0 Å². The SMILES string of the molecule is COc1ccc(-c2nnc(SCC(=O)N/N=C/c3cc(Br)cc(Br)c3O)n2-c2ccc(OC)cc2)cc1. The highest BCUT2D eigenvalue weighted by molar-refractivity contribution is 9.11. The minimum absolute atomic E-state index is 0.0224. The molecule has 0 unspecified atom stereocenters. The molecule has 1 aromatic heterocycles. The topological polar surface area (TPSA) is 111 Å². The highest BCUT2D eigenvalue weighted by Crippen LogP contribution is 2.31. The van der Waals surface area contributed by atoms with Gasteiger partial charge in [0.05, 0.1) is 30.7 Å². The summed E-state index contributed by atoms with van der Waals surface area (Å²) in [5, 5.41) is 23.3. The molecule has 37 heavy (non-hydrogen) atoms. The molecule has 1 amide bonds. The summed E-state index contributed by atoms with van der Waals surface area (Å²) in [7, 11) is 3.22. The molecule has 0 aliphatic carbocycles. The van der Waals surface area contributed by atoms with Crippen LogP contribution in [0.2, 0.25) is 0 Å². The van der Waals surface area contributed by atoms with Crippen LogP contribution in [-0.4, -0.2) is 52.0 Å². The second-order valence-electron chi connectivity index (χ2n) is 7.48. The molecular formula is C25H21Br2N5O4S. The fraction of sp³-hybridized carbons (Fsp3) is 0.120. The van der Waals surface area contributed by atoms with E-state index in [1.807, 2.05) is 53.1 Å². The summed E-state index contributed by atoms with van der Waals surface area (Å²) < 4.78 is 13.7. The van der Waals surface area contributed by atoms with Crippen molar-refractivity contribution in [3.63, 3.8) is 0 Å². The Kier molecular flexibility index (Phi) is 8.85. The number of hydrogen-bond acceptors (Lipinski definition) is 8. The van der Waals surface area contributed by atoms with E-state index in [9.17, 15) is 9.90 Å². The molecule has 0 saturated carbocycles. The van der Waals surface area contributed by atoms with Crippen molar-refractivity contribution in [2.75, 3.05) is 20.0 Å². The molecule has 3 aromatic carbocycles. The Morgan fingerprint density at radius 2 is 1.70 bits per heavy atom. The number of carbonyl (C=O) groups is 1. The Bertz CT molecular complexity index is 1430. The van der Waals surface area contributed by atoms with Gasteiger partial charge in [0.1, 0.15) is 17.2 Å². The van der Waals surface area contributed by atoms with Gasteiger partial charge in [0.25, 0.3) is 5.91 Å². The van der Waals surface area contributed by atoms with Gasteiger partial charge in [0, 0.05) is 21.3 Å². The average molecular weight is 647 g/mol. The number of phenols is 1. The van der Waals surface area contributed by atoms with E-state index in [1.165, 1.54) is 18.0 Å². The smallest absolute Gasteiger partial charge is 0.250 e. The molecule has 0 atom stereocenters. The third-order valence-electron chi connectivity index (χ3n) is 5.10. The third kappa shape index (κ3) is 6.51. The normalized spacial score (nSPS) is 11.0. The number of amides is 1. The Morgan fingerprint density at radius 3 is 2.35 bits per heavy atom.